The molecule has 0 atom stereocenters. The van der Waals surface area contributed by atoms with Crippen molar-refractivity contribution >= 4 is 12.2 Å². The summed E-state index contributed by atoms with van der Waals surface area (Å²) in [6.45, 7) is 2.09. The topological polar surface area (TPSA) is 33.5 Å². The highest BCUT2D eigenvalue weighted by atomic mass is 16.4. The van der Waals surface area contributed by atoms with E-state index in [-0.39, 0.29) is 0 Å². The van der Waals surface area contributed by atoms with Crippen molar-refractivity contribution in [3.63, 3.8) is 0 Å². The van der Waals surface area contributed by atoms with Gasteiger partial charge in [0.1, 0.15) is 0 Å². The Kier molecular flexibility index (Phi) is 2.34. The van der Waals surface area contributed by atoms with Crippen LogP contribution in [-0.4, -0.2) is 19.4 Å². The molecule has 1 aliphatic rings. The molecule has 1 aliphatic heterocycles. The second-order valence-electron chi connectivity index (χ2n) is 3.34. The van der Waals surface area contributed by atoms with Crippen molar-refractivity contribution in [1.29, 1.82) is 0 Å². The van der Waals surface area contributed by atoms with Crippen LogP contribution >= 0.6 is 0 Å². The van der Waals surface area contributed by atoms with Gasteiger partial charge in [0.2, 0.25) is 0 Å². The Morgan fingerprint density at radius 2 is 2.00 bits per heavy atom. The minimum Gasteiger partial charge on any atom is -0.438 e. The molecule has 0 bridgehead atoms. The molecular formula is C10H13NO2. The van der Waals surface area contributed by atoms with Crippen molar-refractivity contribution in [2.45, 2.75) is 19.3 Å². The van der Waals surface area contributed by atoms with E-state index in [1.165, 1.54) is 19.3 Å². The lowest BCUT2D eigenvalue weighted by Crippen LogP contribution is -2.28. The summed E-state index contributed by atoms with van der Waals surface area (Å²) in [6.07, 6.45) is 4.49. The van der Waals surface area contributed by atoms with Crippen molar-refractivity contribution in [3.05, 3.63) is 17.9 Å². The number of hydrogen-bond acceptors (Lipinski definition) is 3. The van der Waals surface area contributed by atoms with Gasteiger partial charge in [0.25, 0.3) is 0 Å². The van der Waals surface area contributed by atoms with Crippen LogP contribution in [0.2, 0.25) is 0 Å². The normalized spacial score (nSPS) is 17.4. The predicted octanol–water partition coefficient (Wildman–Crippen LogP) is 2.08. The first kappa shape index (κ1) is 8.35. The van der Waals surface area contributed by atoms with Crippen LogP contribution in [0.3, 0.4) is 0 Å². The Hall–Kier alpha value is -1.25. The number of furan rings is 1. The molecule has 70 valence electrons. The van der Waals surface area contributed by atoms with Crippen molar-refractivity contribution < 1.29 is 9.21 Å². The molecule has 0 amide bonds. The van der Waals surface area contributed by atoms with E-state index >= 15 is 0 Å². The van der Waals surface area contributed by atoms with E-state index in [1.54, 1.807) is 6.07 Å². The van der Waals surface area contributed by atoms with Crippen LogP contribution in [0.4, 0.5) is 5.88 Å². The van der Waals surface area contributed by atoms with E-state index in [1.807, 2.05) is 6.07 Å². The summed E-state index contributed by atoms with van der Waals surface area (Å²) < 4.78 is 5.33. The standard InChI is InChI=1S/C10H13NO2/c12-8-9-4-5-10(13-9)11-6-2-1-3-7-11/h4-5,8H,1-3,6-7H2. The Balaban J connectivity index is 2.09. The molecule has 0 aromatic carbocycles. The van der Waals surface area contributed by atoms with Crippen LogP contribution in [0.25, 0.3) is 0 Å². The highest BCUT2D eigenvalue weighted by Gasteiger charge is 2.13. The monoisotopic (exact) mass is 179 g/mol. The van der Waals surface area contributed by atoms with Crippen LogP contribution in [0, 0.1) is 0 Å². The van der Waals surface area contributed by atoms with Gasteiger partial charge in [-0.15, -0.1) is 0 Å². The maximum Gasteiger partial charge on any atom is 0.196 e. The Morgan fingerprint density at radius 1 is 1.23 bits per heavy atom. The van der Waals surface area contributed by atoms with Gasteiger partial charge in [0.15, 0.2) is 17.9 Å². The molecular weight excluding hydrogens is 166 g/mol. The smallest absolute Gasteiger partial charge is 0.196 e. The van der Waals surface area contributed by atoms with E-state index in [0.29, 0.717) is 5.76 Å². The number of carbonyl (C=O) groups is 1. The van der Waals surface area contributed by atoms with E-state index in [2.05, 4.69) is 4.90 Å². The molecule has 1 saturated heterocycles. The first-order valence-corrected chi connectivity index (χ1v) is 4.70. The third kappa shape index (κ3) is 1.74. The zero-order valence-corrected chi connectivity index (χ0v) is 7.53. The van der Waals surface area contributed by atoms with Gasteiger partial charge in [-0.25, -0.2) is 0 Å². The van der Waals surface area contributed by atoms with Crippen molar-refractivity contribution in [2.75, 3.05) is 18.0 Å². The number of nitrogens with zero attached hydrogens (tertiary/aromatic N) is 1. The third-order valence-corrected chi connectivity index (χ3v) is 2.40. The molecule has 1 aromatic rings. The molecule has 0 N–H and O–H groups in total. The van der Waals surface area contributed by atoms with Crippen LogP contribution < -0.4 is 4.90 Å². The SMILES string of the molecule is O=Cc1ccc(N2CCCCC2)o1. The summed E-state index contributed by atoms with van der Waals surface area (Å²) in [5.41, 5.74) is 0. The van der Waals surface area contributed by atoms with Gasteiger partial charge in [-0.1, -0.05) is 0 Å². The first-order chi connectivity index (χ1) is 6.40. The molecule has 0 aliphatic carbocycles. The fourth-order valence-corrected chi connectivity index (χ4v) is 1.69. The van der Waals surface area contributed by atoms with Gasteiger partial charge in [0.05, 0.1) is 0 Å². The second kappa shape index (κ2) is 3.64. The highest BCUT2D eigenvalue weighted by Crippen LogP contribution is 2.21. The molecule has 3 heteroatoms. The zero-order chi connectivity index (χ0) is 9.10. The predicted molar refractivity (Wildman–Crippen MR) is 50.2 cm³/mol. The largest absolute Gasteiger partial charge is 0.438 e. The minimum absolute atomic E-state index is 0.417. The molecule has 0 saturated carbocycles. The Labute approximate surface area is 77.3 Å². The van der Waals surface area contributed by atoms with E-state index < -0.39 is 0 Å². The summed E-state index contributed by atoms with van der Waals surface area (Å²) in [5.74, 6) is 1.25. The van der Waals surface area contributed by atoms with Crippen LogP contribution in [-0.2, 0) is 0 Å². The van der Waals surface area contributed by atoms with Gasteiger partial charge in [0, 0.05) is 19.2 Å². The lowest BCUT2D eigenvalue weighted by atomic mass is 10.1. The zero-order valence-electron chi connectivity index (χ0n) is 7.53. The molecule has 0 radical (unpaired) electrons. The molecule has 2 rings (SSSR count). The maximum atomic E-state index is 10.4. The summed E-state index contributed by atoms with van der Waals surface area (Å²) in [4.78, 5) is 12.6. The van der Waals surface area contributed by atoms with Gasteiger partial charge < -0.3 is 9.32 Å². The number of anilines is 1. The van der Waals surface area contributed by atoms with E-state index in [0.717, 1.165) is 25.3 Å². The lowest BCUT2D eigenvalue weighted by molar-refractivity contribution is 0.110. The molecule has 0 spiro atoms. The van der Waals surface area contributed by atoms with Crippen molar-refractivity contribution in [3.8, 4) is 0 Å². The average Bonchev–Trinajstić information content (AvgIpc) is 2.67. The maximum absolute atomic E-state index is 10.4. The van der Waals surface area contributed by atoms with Crippen LogP contribution in [0.1, 0.15) is 29.8 Å². The van der Waals surface area contributed by atoms with Gasteiger partial charge in [-0.2, -0.15) is 0 Å². The van der Waals surface area contributed by atoms with Crippen LogP contribution in [0.15, 0.2) is 16.5 Å². The Bertz CT molecular complexity index is 287. The molecule has 2 heterocycles. The number of rotatable bonds is 2. The van der Waals surface area contributed by atoms with Crippen LogP contribution in [0.5, 0.6) is 0 Å². The second-order valence-corrected chi connectivity index (χ2v) is 3.34. The van der Waals surface area contributed by atoms with E-state index in [9.17, 15) is 4.79 Å². The highest BCUT2D eigenvalue weighted by molar-refractivity contribution is 5.71. The molecule has 0 unspecified atom stereocenters. The summed E-state index contributed by atoms with van der Waals surface area (Å²) >= 11 is 0. The molecule has 13 heavy (non-hydrogen) atoms. The number of carbonyl (C=O) groups excluding carboxylic acids is 1. The minimum atomic E-state index is 0.417. The lowest BCUT2D eigenvalue weighted by Gasteiger charge is -2.25. The summed E-state index contributed by atoms with van der Waals surface area (Å²) in [6, 6.07) is 3.59. The number of hydrogen-bond donors (Lipinski definition) is 0. The van der Waals surface area contributed by atoms with E-state index in [4.69, 9.17) is 4.42 Å². The number of aldehydes is 1. The fraction of sp³-hybridized carbons (Fsp3) is 0.500. The molecule has 3 nitrogen and oxygen atoms in total. The summed E-state index contributed by atoms with van der Waals surface area (Å²) in [7, 11) is 0. The van der Waals surface area contributed by atoms with Crippen molar-refractivity contribution in [1.82, 2.24) is 0 Å². The van der Waals surface area contributed by atoms with Gasteiger partial charge >= 0.3 is 0 Å². The third-order valence-electron chi connectivity index (χ3n) is 2.40. The molecule has 1 aromatic heterocycles. The Morgan fingerprint density at radius 3 is 2.62 bits per heavy atom. The molecule has 1 fully saturated rings. The quantitative estimate of drug-likeness (QED) is 0.652. The van der Waals surface area contributed by atoms with Crippen molar-refractivity contribution in [2.24, 2.45) is 0 Å². The van der Waals surface area contributed by atoms with Gasteiger partial charge in [-0.3, -0.25) is 4.79 Å². The average molecular weight is 179 g/mol. The summed E-state index contributed by atoms with van der Waals surface area (Å²) in [5, 5.41) is 0. The van der Waals surface area contributed by atoms with Gasteiger partial charge in [-0.05, 0) is 25.3 Å². The fourth-order valence-electron chi connectivity index (χ4n) is 1.69. The first-order valence-electron chi connectivity index (χ1n) is 4.70. The number of piperidine rings is 1.